The van der Waals surface area contributed by atoms with E-state index in [2.05, 4.69) is 20.7 Å². The van der Waals surface area contributed by atoms with Gasteiger partial charge in [0, 0.05) is 31.5 Å². The van der Waals surface area contributed by atoms with Crippen LogP contribution in [0.2, 0.25) is 10.0 Å². The minimum absolute atomic E-state index is 0.0228. The van der Waals surface area contributed by atoms with E-state index in [-0.39, 0.29) is 38.5 Å². The summed E-state index contributed by atoms with van der Waals surface area (Å²) in [5.41, 5.74) is 0.132. The number of nitrogens with one attached hydrogen (secondary N) is 4. The number of amides is 6. The number of sulfonamides is 1. The molecule has 1 saturated heterocycles. The first kappa shape index (κ1) is 37.7. The summed E-state index contributed by atoms with van der Waals surface area (Å²) in [6, 6.07) is 0.853. The SMILES string of the molecule is O=C(NC1CCCC1)N[C@H]1CCCCC/C=C\[C@@H]2C[C@@]2(C(=O)NS(=O)(=O)C2CC2)NC(=O)[C@@H]2C[C@@H](OC(=O)N3Cc4cc(Cl)c(Cl)cc4C3)CN2C1=O. The van der Waals surface area contributed by atoms with Gasteiger partial charge in [0.2, 0.25) is 21.8 Å². The maximum absolute atomic E-state index is 14.4. The Bertz CT molecular complexity index is 1770. The predicted octanol–water partition coefficient (Wildman–Crippen LogP) is 4.03. The zero-order valence-electron chi connectivity index (χ0n) is 29.4. The Labute approximate surface area is 319 Å². The number of allylic oxidation sites excluding steroid dienone is 1. The highest BCUT2D eigenvalue weighted by Gasteiger charge is 2.62. The van der Waals surface area contributed by atoms with Crippen molar-refractivity contribution in [2.24, 2.45) is 5.92 Å². The molecule has 7 rings (SSSR count). The van der Waals surface area contributed by atoms with Gasteiger partial charge in [-0.3, -0.25) is 24.0 Å². The largest absolute Gasteiger partial charge is 0.444 e. The molecule has 3 aliphatic carbocycles. The highest BCUT2D eigenvalue weighted by molar-refractivity contribution is 7.91. The van der Waals surface area contributed by atoms with Crippen LogP contribution in [0.15, 0.2) is 24.3 Å². The maximum atomic E-state index is 14.4. The standard InChI is InChI=1S/C36H46Cl2N6O8S/c37-27-14-21-18-43(19-22(21)15-28(27)38)35(49)52-25-16-30-31(45)41-36(33(47)42-53(50,51)26-12-13-26)17-23(36)8-4-2-1-3-5-11-29(32(46)44(30)20-25)40-34(48)39-24-9-6-7-10-24/h4,8,14-15,23-26,29-30H,1-3,5-7,9-13,16-20H2,(H,41,45)(H,42,47)(H2,39,40,48)/b8-4-/t23-,25-,29+,30+,36-/m1/s1. The lowest BCUT2D eigenvalue weighted by atomic mass is 10.0. The number of benzene rings is 1. The van der Waals surface area contributed by atoms with E-state index in [0.717, 1.165) is 49.7 Å². The van der Waals surface area contributed by atoms with E-state index >= 15 is 0 Å². The molecule has 17 heteroatoms. The number of hydrogen-bond donors (Lipinski definition) is 4. The van der Waals surface area contributed by atoms with Gasteiger partial charge in [0.1, 0.15) is 23.7 Å². The molecule has 0 aromatic heterocycles. The fourth-order valence-electron chi connectivity index (χ4n) is 8.04. The molecule has 1 aromatic rings. The van der Waals surface area contributed by atoms with E-state index in [1.54, 1.807) is 12.1 Å². The van der Waals surface area contributed by atoms with Gasteiger partial charge in [-0.2, -0.15) is 0 Å². The molecule has 0 radical (unpaired) electrons. The molecule has 6 amide bonds. The van der Waals surface area contributed by atoms with Crippen LogP contribution in [-0.2, 0) is 42.2 Å². The molecule has 3 saturated carbocycles. The van der Waals surface area contributed by atoms with E-state index in [0.29, 0.717) is 42.1 Å². The zero-order valence-corrected chi connectivity index (χ0v) is 31.7. The van der Waals surface area contributed by atoms with E-state index in [1.165, 1.54) is 9.80 Å². The molecule has 0 unspecified atom stereocenters. The van der Waals surface area contributed by atoms with E-state index in [4.69, 9.17) is 27.9 Å². The molecule has 6 aliphatic rings. The van der Waals surface area contributed by atoms with Gasteiger partial charge in [0.05, 0.1) is 21.8 Å². The van der Waals surface area contributed by atoms with Crippen LogP contribution >= 0.6 is 23.2 Å². The second kappa shape index (κ2) is 15.3. The minimum Gasteiger partial charge on any atom is -0.444 e. The minimum atomic E-state index is -3.90. The summed E-state index contributed by atoms with van der Waals surface area (Å²) in [4.78, 5) is 71.8. The van der Waals surface area contributed by atoms with Crippen LogP contribution in [-0.4, -0.2) is 89.6 Å². The lowest BCUT2D eigenvalue weighted by Crippen LogP contribution is -2.59. The summed E-state index contributed by atoms with van der Waals surface area (Å²) in [5.74, 6) is -2.43. The summed E-state index contributed by atoms with van der Waals surface area (Å²) in [6.45, 7) is 0.355. The highest BCUT2D eigenvalue weighted by Crippen LogP contribution is 2.46. The van der Waals surface area contributed by atoms with Crippen LogP contribution < -0.4 is 20.7 Å². The summed E-state index contributed by atoms with van der Waals surface area (Å²) >= 11 is 12.4. The molecule has 3 aliphatic heterocycles. The number of ether oxygens (including phenoxy) is 1. The van der Waals surface area contributed by atoms with Gasteiger partial charge in [-0.25, -0.2) is 18.0 Å². The fraction of sp³-hybridized carbons (Fsp3) is 0.639. The number of fused-ring (bicyclic) bond motifs is 3. The third kappa shape index (κ3) is 8.41. The number of halogens is 2. The number of urea groups is 1. The van der Waals surface area contributed by atoms with Crippen LogP contribution in [0.3, 0.4) is 0 Å². The van der Waals surface area contributed by atoms with Crippen molar-refractivity contribution in [3.8, 4) is 0 Å². The van der Waals surface area contributed by atoms with Crippen LogP contribution in [0, 0.1) is 5.92 Å². The molecule has 14 nitrogen and oxygen atoms in total. The molecule has 4 N–H and O–H groups in total. The number of hydrogen-bond acceptors (Lipinski definition) is 8. The Hall–Kier alpha value is -3.56. The Morgan fingerprint density at radius 1 is 0.906 bits per heavy atom. The number of carbonyl (C=O) groups is 5. The zero-order chi connectivity index (χ0) is 37.5. The lowest BCUT2D eigenvalue weighted by Gasteiger charge is -2.30. The van der Waals surface area contributed by atoms with Crippen LogP contribution in [0.25, 0.3) is 0 Å². The molecule has 288 valence electrons. The Morgan fingerprint density at radius 2 is 1.58 bits per heavy atom. The molecule has 53 heavy (non-hydrogen) atoms. The first-order valence-electron chi connectivity index (χ1n) is 18.7. The number of carbonyl (C=O) groups excluding carboxylic acids is 5. The lowest BCUT2D eigenvalue weighted by molar-refractivity contribution is -0.141. The van der Waals surface area contributed by atoms with Crippen molar-refractivity contribution >= 4 is 63.1 Å². The van der Waals surface area contributed by atoms with Crippen molar-refractivity contribution in [1.29, 1.82) is 0 Å². The molecule has 4 fully saturated rings. The van der Waals surface area contributed by atoms with Crippen molar-refractivity contribution < 1.29 is 37.1 Å². The monoisotopic (exact) mass is 792 g/mol. The maximum Gasteiger partial charge on any atom is 0.410 e. The molecular formula is C36H46Cl2N6O8S. The first-order chi connectivity index (χ1) is 25.3. The molecule has 0 bridgehead atoms. The number of nitrogens with zero attached hydrogens (tertiary/aromatic N) is 2. The second-order valence-corrected chi connectivity index (χ2v) is 18.1. The van der Waals surface area contributed by atoms with Gasteiger partial charge >= 0.3 is 12.1 Å². The van der Waals surface area contributed by atoms with Crippen molar-refractivity contribution in [3.63, 3.8) is 0 Å². The average molecular weight is 794 g/mol. The Balaban J connectivity index is 1.12. The summed E-state index contributed by atoms with van der Waals surface area (Å²) in [6.07, 6.45) is 10.3. The van der Waals surface area contributed by atoms with E-state index < -0.39 is 74.8 Å². The van der Waals surface area contributed by atoms with Crippen molar-refractivity contribution in [1.82, 2.24) is 30.5 Å². The van der Waals surface area contributed by atoms with Gasteiger partial charge < -0.3 is 25.6 Å². The second-order valence-electron chi connectivity index (χ2n) is 15.3. The van der Waals surface area contributed by atoms with Gasteiger partial charge in [0.25, 0.3) is 5.91 Å². The molecule has 3 heterocycles. The molecule has 1 aromatic carbocycles. The average Bonchev–Trinajstić information content (AvgIpc) is 3.91. The fourth-order valence-corrected chi connectivity index (χ4v) is 9.78. The molecule has 0 spiro atoms. The summed E-state index contributed by atoms with van der Waals surface area (Å²) in [5, 5.41) is 8.77. The van der Waals surface area contributed by atoms with Gasteiger partial charge in [0.15, 0.2) is 0 Å². The van der Waals surface area contributed by atoms with Gasteiger partial charge in [-0.1, -0.05) is 61.0 Å². The van der Waals surface area contributed by atoms with Gasteiger partial charge in [-0.05, 0) is 74.6 Å². The Morgan fingerprint density at radius 3 is 2.26 bits per heavy atom. The predicted molar refractivity (Wildman–Crippen MR) is 195 cm³/mol. The molecular weight excluding hydrogens is 747 g/mol. The van der Waals surface area contributed by atoms with Crippen molar-refractivity contribution in [2.75, 3.05) is 6.54 Å². The van der Waals surface area contributed by atoms with Crippen molar-refractivity contribution in [3.05, 3.63) is 45.5 Å². The third-order valence-corrected chi connectivity index (χ3v) is 13.9. The van der Waals surface area contributed by atoms with Crippen LogP contribution in [0.5, 0.6) is 0 Å². The summed E-state index contributed by atoms with van der Waals surface area (Å²) in [7, 11) is -3.90. The van der Waals surface area contributed by atoms with Crippen LogP contribution in [0.4, 0.5) is 9.59 Å². The normalized spacial score (nSPS) is 29.8. The van der Waals surface area contributed by atoms with Crippen LogP contribution in [0.1, 0.15) is 94.6 Å². The Kier molecular flexibility index (Phi) is 10.9. The first-order valence-corrected chi connectivity index (χ1v) is 21.0. The highest BCUT2D eigenvalue weighted by atomic mass is 35.5. The topological polar surface area (TPSA) is 183 Å². The molecule has 5 atom stereocenters. The van der Waals surface area contributed by atoms with E-state index in [1.807, 2.05) is 12.2 Å². The smallest absolute Gasteiger partial charge is 0.410 e. The van der Waals surface area contributed by atoms with E-state index in [9.17, 15) is 32.4 Å². The van der Waals surface area contributed by atoms with Crippen molar-refractivity contribution in [2.45, 2.75) is 132 Å². The quantitative estimate of drug-likeness (QED) is 0.312. The summed E-state index contributed by atoms with van der Waals surface area (Å²) < 4.78 is 33.7. The third-order valence-electron chi connectivity index (χ3n) is 11.3. The number of rotatable bonds is 6. The van der Waals surface area contributed by atoms with Gasteiger partial charge in [-0.15, -0.1) is 0 Å².